The van der Waals surface area contributed by atoms with Gasteiger partial charge in [-0.15, -0.1) is 5.10 Å². The molecule has 0 aromatic carbocycles. The third-order valence-corrected chi connectivity index (χ3v) is 2.51. The summed E-state index contributed by atoms with van der Waals surface area (Å²) in [6.45, 7) is 2.06. The van der Waals surface area contributed by atoms with Gasteiger partial charge in [0.25, 0.3) is 0 Å². The molecule has 0 aliphatic carbocycles. The Balaban J connectivity index is 2.42. The van der Waals surface area contributed by atoms with Gasteiger partial charge in [-0.05, 0) is 19.1 Å². The third kappa shape index (κ3) is 3.65. The van der Waals surface area contributed by atoms with Crippen molar-refractivity contribution in [2.24, 2.45) is 4.99 Å². The van der Waals surface area contributed by atoms with Crippen LogP contribution in [0.2, 0.25) is 0 Å². The number of aromatic nitrogens is 3. The maximum absolute atomic E-state index is 12.0. The van der Waals surface area contributed by atoms with E-state index in [2.05, 4.69) is 15.1 Å². The first-order valence-electron chi connectivity index (χ1n) is 6.49. The molecular weight excluding hydrogens is 270 g/mol. The van der Waals surface area contributed by atoms with Crippen molar-refractivity contribution < 1.29 is 9.53 Å². The van der Waals surface area contributed by atoms with E-state index in [1.165, 1.54) is 0 Å². The summed E-state index contributed by atoms with van der Waals surface area (Å²) in [6.07, 6.45) is 6.50. The van der Waals surface area contributed by atoms with Crippen molar-refractivity contribution in [2.45, 2.75) is 6.92 Å². The Labute approximate surface area is 122 Å². The van der Waals surface area contributed by atoms with Gasteiger partial charge in [0.2, 0.25) is 0 Å². The summed E-state index contributed by atoms with van der Waals surface area (Å²) < 4.78 is 6.59. The molecule has 0 fully saturated rings. The van der Waals surface area contributed by atoms with Crippen LogP contribution in [0.5, 0.6) is 0 Å². The summed E-state index contributed by atoms with van der Waals surface area (Å²) in [4.78, 5) is 22.0. The van der Waals surface area contributed by atoms with Crippen molar-refractivity contribution in [3.05, 3.63) is 36.3 Å². The molecule has 21 heavy (non-hydrogen) atoms. The molecule has 2 aromatic heterocycles. The Morgan fingerprint density at radius 3 is 2.95 bits per heavy atom. The van der Waals surface area contributed by atoms with Gasteiger partial charge < -0.3 is 9.64 Å². The molecular formula is C14H17N5O2. The van der Waals surface area contributed by atoms with E-state index >= 15 is 0 Å². The van der Waals surface area contributed by atoms with Crippen molar-refractivity contribution in [1.29, 1.82) is 0 Å². The lowest BCUT2D eigenvalue weighted by atomic mass is 10.3. The van der Waals surface area contributed by atoms with Gasteiger partial charge in [-0.2, -0.15) is 0 Å². The summed E-state index contributed by atoms with van der Waals surface area (Å²) in [5, 5.41) is 4.31. The van der Waals surface area contributed by atoms with Crippen LogP contribution < -0.4 is 0 Å². The quantitative estimate of drug-likeness (QED) is 0.475. The van der Waals surface area contributed by atoms with Gasteiger partial charge in [-0.3, -0.25) is 4.98 Å². The molecule has 0 aliphatic heterocycles. The molecule has 7 heteroatoms. The second-order valence-electron chi connectivity index (χ2n) is 4.45. The Kier molecular flexibility index (Phi) is 4.65. The number of hydrogen-bond donors (Lipinski definition) is 0. The molecule has 0 saturated carbocycles. The van der Waals surface area contributed by atoms with Gasteiger partial charge in [-0.25, -0.2) is 14.5 Å². The van der Waals surface area contributed by atoms with Gasteiger partial charge in [0.15, 0.2) is 5.82 Å². The van der Waals surface area contributed by atoms with Crippen molar-refractivity contribution >= 4 is 18.1 Å². The highest BCUT2D eigenvalue weighted by molar-refractivity contribution is 5.94. The van der Waals surface area contributed by atoms with Crippen LogP contribution in [0.3, 0.4) is 0 Å². The first-order chi connectivity index (χ1) is 10.1. The summed E-state index contributed by atoms with van der Waals surface area (Å²) in [7, 11) is 3.68. The maximum atomic E-state index is 12.0. The maximum Gasteiger partial charge on any atom is 0.343 e. The number of aliphatic imine (C=N–C) groups is 1. The number of carbonyl (C=O) groups is 1. The van der Waals surface area contributed by atoms with Crippen LogP contribution in [0.25, 0.3) is 5.69 Å². The monoisotopic (exact) mass is 287 g/mol. The van der Waals surface area contributed by atoms with Crippen molar-refractivity contribution in [1.82, 2.24) is 19.7 Å². The van der Waals surface area contributed by atoms with Gasteiger partial charge in [0.1, 0.15) is 5.56 Å². The zero-order chi connectivity index (χ0) is 15.2. The van der Waals surface area contributed by atoms with E-state index in [0.717, 1.165) is 5.69 Å². The van der Waals surface area contributed by atoms with E-state index in [1.54, 1.807) is 47.5 Å². The molecule has 0 spiro atoms. The Hall–Kier alpha value is -2.70. The SMILES string of the molecule is CCOC(=O)c1cn(-c2cccnc2)nc1N=CN(C)C. The number of pyridine rings is 1. The standard InChI is InChI=1S/C14H17N5O2/c1-4-21-14(20)12-9-19(11-6-5-7-15-8-11)17-13(12)16-10-18(2)3/h5-10H,4H2,1-3H3. The van der Waals surface area contributed by atoms with Crippen molar-refractivity contribution in [3.63, 3.8) is 0 Å². The Morgan fingerprint density at radius 1 is 1.52 bits per heavy atom. The summed E-state index contributed by atoms with van der Waals surface area (Å²) in [6, 6.07) is 3.64. The van der Waals surface area contributed by atoms with E-state index in [4.69, 9.17) is 4.74 Å². The highest BCUT2D eigenvalue weighted by Gasteiger charge is 2.17. The molecule has 0 bridgehead atoms. The van der Waals surface area contributed by atoms with Crippen LogP contribution in [0.15, 0.2) is 35.7 Å². The number of ether oxygens (including phenoxy) is 1. The lowest BCUT2D eigenvalue weighted by Crippen LogP contribution is -2.08. The minimum Gasteiger partial charge on any atom is -0.462 e. The normalized spacial score (nSPS) is 10.8. The fourth-order valence-electron chi connectivity index (χ4n) is 1.60. The number of carbonyl (C=O) groups excluding carboxylic acids is 1. The number of nitrogens with zero attached hydrogens (tertiary/aromatic N) is 5. The summed E-state index contributed by atoms with van der Waals surface area (Å²) >= 11 is 0. The molecule has 7 nitrogen and oxygen atoms in total. The highest BCUT2D eigenvalue weighted by Crippen LogP contribution is 2.20. The molecule has 0 unspecified atom stereocenters. The molecule has 2 aromatic rings. The fraction of sp³-hybridized carbons (Fsp3) is 0.286. The van der Waals surface area contributed by atoms with Gasteiger partial charge in [0.05, 0.1) is 24.8 Å². The molecule has 0 radical (unpaired) electrons. The predicted molar refractivity (Wildman–Crippen MR) is 79.2 cm³/mol. The lowest BCUT2D eigenvalue weighted by molar-refractivity contribution is 0.0527. The van der Waals surface area contributed by atoms with E-state index < -0.39 is 5.97 Å². The number of rotatable bonds is 5. The minimum absolute atomic E-state index is 0.299. The van der Waals surface area contributed by atoms with Crippen LogP contribution >= 0.6 is 0 Å². The first kappa shape index (κ1) is 14.7. The predicted octanol–water partition coefficient (Wildman–Crippen LogP) is 1.67. The second kappa shape index (κ2) is 6.65. The second-order valence-corrected chi connectivity index (χ2v) is 4.45. The van der Waals surface area contributed by atoms with E-state index in [1.807, 2.05) is 20.2 Å². The van der Waals surface area contributed by atoms with Crippen LogP contribution in [-0.4, -0.2) is 52.7 Å². The Bertz CT molecular complexity index is 634. The molecule has 110 valence electrons. The third-order valence-electron chi connectivity index (χ3n) is 2.51. The van der Waals surface area contributed by atoms with Crippen LogP contribution in [-0.2, 0) is 4.74 Å². The zero-order valence-corrected chi connectivity index (χ0v) is 12.2. The van der Waals surface area contributed by atoms with E-state index in [-0.39, 0.29) is 0 Å². The lowest BCUT2D eigenvalue weighted by Gasteiger charge is -2.02. The number of hydrogen-bond acceptors (Lipinski definition) is 5. The smallest absolute Gasteiger partial charge is 0.343 e. The average Bonchev–Trinajstić information content (AvgIpc) is 2.90. The van der Waals surface area contributed by atoms with Crippen LogP contribution in [0.4, 0.5) is 5.82 Å². The van der Waals surface area contributed by atoms with E-state index in [0.29, 0.717) is 18.0 Å². The van der Waals surface area contributed by atoms with Crippen molar-refractivity contribution in [3.8, 4) is 5.69 Å². The minimum atomic E-state index is -0.446. The Morgan fingerprint density at radius 2 is 2.33 bits per heavy atom. The largest absolute Gasteiger partial charge is 0.462 e. The van der Waals surface area contributed by atoms with Gasteiger partial charge in [0, 0.05) is 26.5 Å². The highest BCUT2D eigenvalue weighted by atomic mass is 16.5. The van der Waals surface area contributed by atoms with Crippen LogP contribution in [0, 0.1) is 0 Å². The molecule has 2 heterocycles. The average molecular weight is 287 g/mol. The van der Waals surface area contributed by atoms with Crippen LogP contribution in [0.1, 0.15) is 17.3 Å². The van der Waals surface area contributed by atoms with Gasteiger partial charge in [-0.1, -0.05) is 0 Å². The van der Waals surface area contributed by atoms with Crippen molar-refractivity contribution in [2.75, 3.05) is 20.7 Å². The summed E-state index contributed by atoms with van der Waals surface area (Å²) in [5.74, 6) is -0.135. The topological polar surface area (TPSA) is 72.6 Å². The first-order valence-corrected chi connectivity index (χ1v) is 6.49. The molecule has 0 saturated heterocycles. The molecule has 0 aliphatic rings. The fourth-order valence-corrected chi connectivity index (χ4v) is 1.60. The number of esters is 1. The molecule has 0 N–H and O–H groups in total. The van der Waals surface area contributed by atoms with Gasteiger partial charge >= 0.3 is 5.97 Å². The zero-order valence-electron chi connectivity index (χ0n) is 12.2. The molecule has 0 atom stereocenters. The summed E-state index contributed by atoms with van der Waals surface area (Å²) in [5.41, 5.74) is 1.06. The molecule has 0 amide bonds. The molecule has 2 rings (SSSR count). The van der Waals surface area contributed by atoms with E-state index in [9.17, 15) is 4.79 Å².